The molecule has 0 saturated heterocycles. The minimum absolute atomic E-state index is 0.0391. The normalized spacial score (nSPS) is 19.3. The highest BCUT2D eigenvalue weighted by molar-refractivity contribution is 7.14. The quantitative estimate of drug-likeness (QED) is 0.210. The van der Waals surface area contributed by atoms with E-state index in [9.17, 15) is 19.5 Å². The zero-order valence-corrected chi connectivity index (χ0v) is 25.7. The number of anilines is 1. The largest absolute Gasteiger partial charge is 0.477 e. The zero-order valence-electron chi connectivity index (χ0n) is 24.9. The molecule has 216 valence electrons. The van der Waals surface area contributed by atoms with E-state index < -0.39 is 5.97 Å². The molecule has 2 rings (SSSR count). The Morgan fingerprint density at radius 2 is 1.77 bits per heavy atom. The number of carbonyl (C=O) groups is 3. The Kier molecular flexibility index (Phi) is 12.5. The number of hydrogen-bond donors (Lipinski definition) is 2. The van der Waals surface area contributed by atoms with Gasteiger partial charge >= 0.3 is 5.97 Å². The molecule has 1 heterocycles. The van der Waals surface area contributed by atoms with Crippen molar-refractivity contribution in [2.75, 3.05) is 26.0 Å². The van der Waals surface area contributed by atoms with Gasteiger partial charge in [-0.3, -0.25) is 9.59 Å². The third-order valence-electron chi connectivity index (χ3n) is 7.41. The Balaban J connectivity index is 2.23. The van der Waals surface area contributed by atoms with Crippen molar-refractivity contribution in [2.24, 2.45) is 11.8 Å². The van der Waals surface area contributed by atoms with Crippen molar-refractivity contribution in [1.82, 2.24) is 10.2 Å². The van der Waals surface area contributed by atoms with E-state index in [1.54, 1.807) is 23.0 Å². The number of nitrogens with one attached hydrogen (secondary N) is 1. The van der Waals surface area contributed by atoms with E-state index >= 15 is 0 Å². The molecular formula is C31H47N3O4S. The number of nitrogens with zero attached hydrogens (tertiary/aromatic N) is 2. The van der Waals surface area contributed by atoms with Gasteiger partial charge in [0.05, 0.1) is 11.4 Å². The first-order chi connectivity index (χ1) is 18.4. The van der Waals surface area contributed by atoms with Crippen LogP contribution in [-0.2, 0) is 9.59 Å². The number of ketones is 1. The summed E-state index contributed by atoms with van der Waals surface area (Å²) >= 11 is 1.24. The van der Waals surface area contributed by atoms with E-state index in [0.717, 1.165) is 36.1 Å². The molecule has 1 aromatic heterocycles. The van der Waals surface area contributed by atoms with Crippen LogP contribution in [0, 0.1) is 11.8 Å². The molecule has 0 aliphatic heterocycles. The van der Waals surface area contributed by atoms with Crippen molar-refractivity contribution >= 4 is 34.7 Å². The number of carboxylic acid groups (broad SMARTS) is 1. The van der Waals surface area contributed by atoms with Gasteiger partial charge in [0.2, 0.25) is 5.91 Å². The SMILES string of the molecule is C/C=C(\C=C/C(C)c1cc(N(C(=O)C2CCC(C)CC2)C(C)C)c(C(=O)O)s1)CCC(=O)/C(=C/NC)N(C)C. The molecule has 1 atom stereocenters. The molecule has 8 heteroatoms. The van der Waals surface area contributed by atoms with Gasteiger partial charge in [0, 0.05) is 56.5 Å². The average Bonchev–Trinajstić information content (AvgIpc) is 3.32. The topological polar surface area (TPSA) is 90.0 Å². The van der Waals surface area contributed by atoms with Crippen LogP contribution in [-0.4, -0.2) is 54.9 Å². The van der Waals surface area contributed by atoms with E-state index in [-0.39, 0.29) is 34.4 Å². The molecule has 1 unspecified atom stereocenters. The van der Waals surface area contributed by atoms with Crippen LogP contribution in [0.25, 0.3) is 0 Å². The second-order valence-corrected chi connectivity index (χ2v) is 12.2. The molecule has 2 N–H and O–H groups in total. The molecule has 0 aromatic carbocycles. The lowest BCUT2D eigenvalue weighted by Crippen LogP contribution is -2.42. The number of carboxylic acids is 1. The lowest BCUT2D eigenvalue weighted by molar-refractivity contribution is -0.124. The molecule has 1 aliphatic carbocycles. The minimum Gasteiger partial charge on any atom is -0.477 e. The lowest BCUT2D eigenvalue weighted by atomic mass is 9.82. The summed E-state index contributed by atoms with van der Waals surface area (Å²) in [7, 11) is 5.48. The standard InChI is InChI=1S/C31H47N3O4S/c1-9-23(14-17-27(35)26(19-32-6)33(7)8)13-12-22(5)28-18-25(29(39-28)31(37)38)34(20(2)3)30(36)24-15-10-21(4)11-16-24/h9,12-13,18-22,24,32H,10-11,14-17H2,1-8H3,(H,37,38)/b13-12-,23-9+,26-19-. The fourth-order valence-electron chi connectivity index (χ4n) is 4.98. The van der Waals surface area contributed by atoms with E-state index in [0.29, 0.717) is 30.1 Å². The number of allylic oxidation sites excluding steroid dienone is 5. The first-order valence-corrected chi connectivity index (χ1v) is 14.8. The van der Waals surface area contributed by atoms with E-state index in [4.69, 9.17) is 0 Å². The maximum atomic E-state index is 13.6. The second-order valence-electron chi connectivity index (χ2n) is 11.1. The minimum atomic E-state index is -1.01. The summed E-state index contributed by atoms with van der Waals surface area (Å²) in [6.45, 7) is 10.1. The molecule has 0 bridgehead atoms. The van der Waals surface area contributed by atoms with E-state index in [2.05, 4.69) is 12.2 Å². The summed E-state index contributed by atoms with van der Waals surface area (Å²) in [5.41, 5.74) is 2.17. The summed E-state index contributed by atoms with van der Waals surface area (Å²) in [5.74, 6) is -0.369. The highest BCUT2D eigenvalue weighted by atomic mass is 32.1. The van der Waals surface area contributed by atoms with Crippen molar-refractivity contribution in [3.8, 4) is 0 Å². The molecule has 0 spiro atoms. The Morgan fingerprint density at radius 1 is 1.13 bits per heavy atom. The number of amides is 1. The second kappa shape index (κ2) is 15.1. The Morgan fingerprint density at radius 3 is 2.28 bits per heavy atom. The van der Waals surface area contributed by atoms with Gasteiger partial charge < -0.3 is 20.2 Å². The maximum Gasteiger partial charge on any atom is 0.348 e. The van der Waals surface area contributed by atoms with Crippen LogP contribution in [0.3, 0.4) is 0 Å². The van der Waals surface area contributed by atoms with Gasteiger partial charge in [0.15, 0.2) is 5.78 Å². The van der Waals surface area contributed by atoms with Crippen LogP contribution >= 0.6 is 11.3 Å². The van der Waals surface area contributed by atoms with Crippen molar-refractivity contribution in [2.45, 2.75) is 85.1 Å². The van der Waals surface area contributed by atoms with Gasteiger partial charge in [-0.15, -0.1) is 11.3 Å². The van der Waals surface area contributed by atoms with E-state index in [1.807, 2.05) is 66.1 Å². The first-order valence-electron chi connectivity index (χ1n) is 14.0. The third-order valence-corrected chi connectivity index (χ3v) is 8.73. The molecule has 39 heavy (non-hydrogen) atoms. The van der Waals surface area contributed by atoms with Crippen LogP contribution in [0.2, 0.25) is 0 Å². The molecule has 7 nitrogen and oxygen atoms in total. The molecule has 1 saturated carbocycles. The maximum absolute atomic E-state index is 13.6. The number of hydrogen-bond acceptors (Lipinski definition) is 6. The van der Waals surface area contributed by atoms with Gasteiger partial charge in [0.1, 0.15) is 4.88 Å². The summed E-state index contributed by atoms with van der Waals surface area (Å²) in [6.07, 6.45) is 12.6. The van der Waals surface area contributed by atoms with E-state index in [1.165, 1.54) is 11.3 Å². The highest BCUT2D eigenvalue weighted by Gasteiger charge is 2.33. The van der Waals surface area contributed by atoms with Crippen molar-refractivity contribution in [1.29, 1.82) is 0 Å². The Labute approximate surface area is 238 Å². The summed E-state index contributed by atoms with van der Waals surface area (Å²) in [6, 6.07) is 1.75. The van der Waals surface area contributed by atoms with Crippen LogP contribution in [0.15, 0.2) is 41.8 Å². The number of Topliss-reactive ketones (excluding diaryl/α,β-unsaturated/α-hetero) is 1. The van der Waals surface area contributed by atoms with Gasteiger partial charge in [-0.25, -0.2) is 4.79 Å². The van der Waals surface area contributed by atoms with Gasteiger partial charge in [0.25, 0.3) is 0 Å². The molecule has 1 aromatic rings. The first kappa shape index (κ1) is 32.3. The molecule has 1 amide bonds. The molecular weight excluding hydrogens is 510 g/mol. The smallest absolute Gasteiger partial charge is 0.348 e. The monoisotopic (exact) mass is 557 g/mol. The summed E-state index contributed by atoms with van der Waals surface area (Å²) < 4.78 is 0. The fourth-order valence-corrected chi connectivity index (χ4v) is 6.00. The van der Waals surface area contributed by atoms with Crippen molar-refractivity contribution in [3.05, 3.63) is 51.5 Å². The van der Waals surface area contributed by atoms with Crippen LogP contribution in [0.1, 0.15) is 93.6 Å². The predicted molar refractivity (Wildman–Crippen MR) is 161 cm³/mol. The van der Waals surface area contributed by atoms with Gasteiger partial charge in [-0.2, -0.15) is 0 Å². The van der Waals surface area contributed by atoms with Crippen LogP contribution < -0.4 is 10.2 Å². The number of carbonyl (C=O) groups excluding carboxylic acids is 2. The van der Waals surface area contributed by atoms with Crippen LogP contribution in [0.4, 0.5) is 5.69 Å². The summed E-state index contributed by atoms with van der Waals surface area (Å²) in [4.78, 5) is 43.1. The zero-order chi connectivity index (χ0) is 29.3. The highest BCUT2D eigenvalue weighted by Crippen LogP contribution is 2.39. The number of rotatable bonds is 13. The van der Waals surface area contributed by atoms with Crippen molar-refractivity contribution < 1.29 is 19.5 Å². The predicted octanol–water partition coefficient (Wildman–Crippen LogP) is 6.59. The molecule has 1 fully saturated rings. The van der Waals surface area contributed by atoms with Crippen LogP contribution in [0.5, 0.6) is 0 Å². The van der Waals surface area contributed by atoms with Gasteiger partial charge in [-0.05, 0) is 64.9 Å². The average molecular weight is 558 g/mol. The number of thiophene rings is 1. The molecule has 0 radical (unpaired) electrons. The summed E-state index contributed by atoms with van der Waals surface area (Å²) in [5, 5.41) is 12.9. The molecule has 1 aliphatic rings. The van der Waals surface area contributed by atoms with Gasteiger partial charge in [-0.1, -0.05) is 37.6 Å². The van der Waals surface area contributed by atoms with Crippen molar-refractivity contribution in [3.63, 3.8) is 0 Å². The fraction of sp³-hybridized carbons (Fsp3) is 0.581. The number of aromatic carboxylic acids is 1. The lowest BCUT2D eigenvalue weighted by Gasteiger charge is -2.33. The third kappa shape index (κ3) is 8.82. The Hall–Kier alpha value is -2.87. The number of likely N-dealkylation sites (N-methyl/N-ethyl adjacent to an activating group) is 1. The Bertz CT molecular complexity index is 1090.